The third kappa shape index (κ3) is 4.21. The highest BCUT2D eigenvalue weighted by Gasteiger charge is 2.31. The van der Waals surface area contributed by atoms with E-state index in [9.17, 15) is 4.79 Å². The van der Waals surface area contributed by atoms with Gasteiger partial charge in [-0.25, -0.2) is 15.0 Å². The Labute approximate surface area is 193 Å². The molecule has 0 fully saturated rings. The van der Waals surface area contributed by atoms with Gasteiger partial charge in [-0.2, -0.15) is 0 Å². The molecule has 0 saturated heterocycles. The van der Waals surface area contributed by atoms with Gasteiger partial charge < -0.3 is 5.32 Å². The van der Waals surface area contributed by atoms with Crippen LogP contribution in [0.3, 0.4) is 0 Å². The predicted octanol–water partition coefficient (Wildman–Crippen LogP) is 6.18. The number of anilines is 1. The Morgan fingerprint density at radius 2 is 2.06 bits per heavy atom. The van der Waals surface area contributed by atoms with Gasteiger partial charge in [0.15, 0.2) is 5.13 Å². The second-order valence-electron chi connectivity index (χ2n) is 8.99. The summed E-state index contributed by atoms with van der Waals surface area (Å²) in [5, 5.41) is 5.65. The van der Waals surface area contributed by atoms with Gasteiger partial charge >= 0.3 is 0 Å². The first-order chi connectivity index (χ1) is 14.9. The summed E-state index contributed by atoms with van der Waals surface area (Å²) in [6.45, 7) is 7.00. The van der Waals surface area contributed by atoms with Crippen molar-refractivity contribution in [3.63, 3.8) is 0 Å². The van der Waals surface area contributed by atoms with E-state index in [1.165, 1.54) is 40.0 Å². The normalized spacial score (nSPS) is 16.5. The molecule has 160 valence electrons. The molecule has 0 aliphatic heterocycles. The van der Waals surface area contributed by atoms with Gasteiger partial charge in [0.05, 0.1) is 16.0 Å². The molecule has 3 heterocycles. The summed E-state index contributed by atoms with van der Waals surface area (Å²) < 4.78 is 1.07. The second kappa shape index (κ2) is 8.15. The van der Waals surface area contributed by atoms with Gasteiger partial charge in [0.1, 0.15) is 16.2 Å². The molecule has 31 heavy (non-hydrogen) atoms. The highest BCUT2D eigenvalue weighted by molar-refractivity contribution is 8.00. The van der Waals surface area contributed by atoms with E-state index in [1.54, 1.807) is 17.7 Å². The van der Waals surface area contributed by atoms with Gasteiger partial charge in [-0.1, -0.05) is 56.0 Å². The van der Waals surface area contributed by atoms with Crippen LogP contribution in [-0.4, -0.2) is 26.6 Å². The SMILES string of the molecule is CC(C)(C)[C@H]1CCc2c(sc3ncnc(SCC(=O)Nc4nc5ccccc5s4)c23)C1. The zero-order valence-corrected chi connectivity index (χ0v) is 20.2. The van der Waals surface area contributed by atoms with E-state index in [0.717, 1.165) is 38.3 Å². The highest BCUT2D eigenvalue weighted by atomic mass is 32.2. The van der Waals surface area contributed by atoms with Gasteiger partial charge in [0.2, 0.25) is 5.91 Å². The Hall–Kier alpha value is -2.03. The van der Waals surface area contributed by atoms with Crippen LogP contribution in [0.5, 0.6) is 0 Å². The Morgan fingerprint density at radius 3 is 2.87 bits per heavy atom. The minimum atomic E-state index is -0.0623. The van der Waals surface area contributed by atoms with Crippen molar-refractivity contribution in [2.24, 2.45) is 11.3 Å². The summed E-state index contributed by atoms with van der Waals surface area (Å²) in [6.07, 6.45) is 5.00. The summed E-state index contributed by atoms with van der Waals surface area (Å²) in [6, 6.07) is 7.90. The van der Waals surface area contributed by atoms with Crippen molar-refractivity contribution in [1.82, 2.24) is 15.0 Å². The maximum atomic E-state index is 12.6. The molecule has 8 heteroatoms. The van der Waals surface area contributed by atoms with Crippen LogP contribution < -0.4 is 5.32 Å². The molecule has 5 nitrogen and oxygen atoms in total. The topological polar surface area (TPSA) is 67.8 Å². The zero-order valence-electron chi connectivity index (χ0n) is 17.8. The Bertz CT molecular complexity index is 1240. The van der Waals surface area contributed by atoms with Crippen molar-refractivity contribution >= 4 is 65.9 Å². The van der Waals surface area contributed by atoms with Gasteiger partial charge in [-0.15, -0.1) is 11.3 Å². The molecule has 1 amide bonds. The van der Waals surface area contributed by atoms with E-state index in [1.807, 2.05) is 24.3 Å². The number of thiazole rings is 1. The fraction of sp³-hybridized carbons (Fsp3) is 0.391. The first-order valence-electron chi connectivity index (χ1n) is 10.4. The standard InChI is InChI=1S/C23H24N4OS3/c1-23(2,3)13-8-9-14-17(10-13)30-21-19(14)20(24-12-25-21)29-11-18(28)27-22-26-15-6-4-5-7-16(15)31-22/h4-7,12-13H,8-11H2,1-3H3,(H,26,27,28)/t13-/m0/s1. The third-order valence-electron chi connectivity index (χ3n) is 5.92. The lowest BCUT2D eigenvalue weighted by Gasteiger charge is -2.33. The molecule has 5 rings (SSSR count). The number of hydrogen-bond acceptors (Lipinski definition) is 7. The first-order valence-corrected chi connectivity index (χ1v) is 13.0. The number of thiophene rings is 1. The highest BCUT2D eigenvalue weighted by Crippen LogP contribution is 2.44. The van der Waals surface area contributed by atoms with E-state index < -0.39 is 0 Å². The van der Waals surface area contributed by atoms with E-state index in [2.05, 4.69) is 41.0 Å². The van der Waals surface area contributed by atoms with Crippen molar-refractivity contribution in [3.8, 4) is 0 Å². The monoisotopic (exact) mass is 468 g/mol. The maximum absolute atomic E-state index is 12.6. The molecule has 0 unspecified atom stereocenters. The number of para-hydroxylation sites is 1. The molecule has 0 radical (unpaired) electrons. The smallest absolute Gasteiger partial charge is 0.236 e. The summed E-state index contributed by atoms with van der Waals surface area (Å²) in [5.74, 6) is 0.932. The van der Waals surface area contributed by atoms with Crippen molar-refractivity contribution in [3.05, 3.63) is 41.0 Å². The number of benzene rings is 1. The maximum Gasteiger partial charge on any atom is 0.236 e. The van der Waals surface area contributed by atoms with E-state index in [0.29, 0.717) is 22.2 Å². The molecule has 1 aliphatic carbocycles. The van der Waals surface area contributed by atoms with Crippen molar-refractivity contribution < 1.29 is 4.79 Å². The fourth-order valence-corrected chi connectivity index (χ4v) is 7.18. The van der Waals surface area contributed by atoms with Crippen LogP contribution in [0.25, 0.3) is 20.4 Å². The van der Waals surface area contributed by atoms with Crippen LogP contribution in [-0.2, 0) is 17.6 Å². The summed E-state index contributed by atoms with van der Waals surface area (Å²) in [5.41, 5.74) is 2.62. The molecule has 0 spiro atoms. The molecule has 4 aromatic rings. The minimum absolute atomic E-state index is 0.0623. The Balaban J connectivity index is 1.32. The number of hydrogen-bond donors (Lipinski definition) is 1. The number of carbonyl (C=O) groups is 1. The van der Waals surface area contributed by atoms with Crippen molar-refractivity contribution in [1.29, 1.82) is 0 Å². The van der Waals surface area contributed by atoms with Gasteiger partial charge in [-0.3, -0.25) is 4.79 Å². The average molecular weight is 469 g/mol. The molecule has 1 atom stereocenters. The van der Waals surface area contributed by atoms with Crippen LogP contribution in [0.15, 0.2) is 35.6 Å². The molecule has 1 aliphatic rings. The number of nitrogens with one attached hydrogen (secondary N) is 1. The zero-order chi connectivity index (χ0) is 21.6. The van der Waals surface area contributed by atoms with E-state index in [-0.39, 0.29) is 5.91 Å². The number of thioether (sulfide) groups is 1. The van der Waals surface area contributed by atoms with Crippen LogP contribution in [0, 0.1) is 11.3 Å². The summed E-state index contributed by atoms with van der Waals surface area (Å²) >= 11 is 4.78. The van der Waals surface area contributed by atoms with E-state index >= 15 is 0 Å². The molecule has 0 bridgehead atoms. The largest absolute Gasteiger partial charge is 0.301 e. The molecule has 1 N–H and O–H groups in total. The molecule has 1 aromatic carbocycles. The number of fused-ring (bicyclic) bond motifs is 4. The third-order valence-corrected chi connectivity index (χ3v) is 9.02. The predicted molar refractivity (Wildman–Crippen MR) is 131 cm³/mol. The average Bonchev–Trinajstić information content (AvgIpc) is 3.31. The van der Waals surface area contributed by atoms with Crippen LogP contribution in [0.2, 0.25) is 0 Å². The first kappa shape index (κ1) is 20.8. The molecular weight excluding hydrogens is 444 g/mol. The molecule has 0 saturated carbocycles. The van der Waals surface area contributed by atoms with Crippen molar-refractivity contribution in [2.75, 3.05) is 11.1 Å². The number of aryl methyl sites for hydroxylation is 1. The van der Waals surface area contributed by atoms with Crippen LogP contribution in [0.1, 0.15) is 37.6 Å². The quantitative estimate of drug-likeness (QED) is 0.286. The number of amides is 1. The Morgan fingerprint density at radius 1 is 1.23 bits per heavy atom. The lowest BCUT2D eigenvalue weighted by Crippen LogP contribution is -2.26. The lowest BCUT2D eigenvalue weighted by atomic mass is 9.72. The fourth-order valence-electron chi connectivity index (χ4n) is 4.14. The van der Waals surface area contributed by atoms with Crippen LogP contribution in [0.4, 0.5) is 5.13 Å². The second-order valence-corrected chi connectivity index (χ2v) is 12.1. The summed E-state index contributed by atoms with van der Waals surface area (Å²) in [4.78, 5) is 28.6. The van der Waals surface area contributed by atoms with Crippen LogP contribution >= 0.6 is 34.4 Å². The van der Waals surface area contributed by atoms with E-state index in [4.69, 9.17) is 0 Å². The molecular formula is C23H24N4OS3. The minimum Gasteiger partial charge on any atom is -0.301 e. The number of nitrogens with zero attached hydrogens (tertiary/aromatic N) is 3. The Kier molecular flexibility index (Phi) is 5.48. The van der Waals surface area contributed by atoms with Gasteiger partial charge in [0, 0.05) is 10.3 Å². The number of aromatic nitrogens is 3. The van der Waals surface area contributed by atoms with Gasteiger partial charge in [0.25, 0.3) is 0 Å². The number of rotatable bonds is 4. The number of carbonyl (C=O) groups excluding carboxylic acids is 1. The summed E-state index contributed by atoms with van der Waals surface area (Å²) in [7, 11) is 0. The molecule has 3 aromatic heterocycles. The lowest BCUT2D eigenvalue weighted by molar-refractivity contribution is -0.113. The van der Waals surface area contributed by atoms with Gasteiger partial charge in [-0.05, 0) is 48.3 Å². The van der Waals surface area contributed by atoms with Crippen molar-refractivity contribution in [2.45, 2.75) is 45.1 Å².